The molecule has 3 rings (SSSR count). The van der Waals surface area contributed by atoms with Gasteiger partial charge in [0.2, 0.25) is 0 Å². The zero-order valence-corrected chi connectivity index (χ0v) is 101. The van der Waals surface area contributed by atoms with Crippen LogP contribution >= 0.6 is 0 Å². The van der Waals surface area contributed by atoms with Crippen molar-refractivity contribution < 1.29 is 21.7 Å². The molecule has 0 atom stereocenters. The number of benzene rings is 3. The summed E-state index contributed by atoms with van der Waals surface area (Å²) in [7, 11) is -25.6. The summed E-state index contributed by atoms with van der Waals surface area (Å²) in [5.74, 6) is 0. The minimum Gasteiger partial charge on any atom is -0.844 e. The molecule has 0 fully saturated rings. The van der Waals surface area contributed by atoms with Crippen molar-refractivity contribution in [3.8, 4) is 0 Å². The normalized spacial score (nSPS) is 14.9. The maximum absolute atomic E-state index is 6.10. The Morgan fingerprint density at radius 3 is 0.417 bits per heavy atom. The van der Waals surface area contributed by atoms with Crippen LogP contribution in [0.5, 0.6) is 0 Å². The molecular weight excluding hydrogens is 1600 g/mol. The van der Waals surface area contributed by atoms with Gasteiger partial charge in [-0.05, 0) is 52.0 Å². The van der Waals surface area contributed by atoms with E-state index in [0.717, 1.165) is 36.2 Å². The fourth-order valence-electron chi connectivity index (χ4n) is 24.2. The fraction of sp³-hybridized carbons (Fsp3) is 0.778. The molecule has 0 saturated carbocycles. The molecule has 0 spiro atoms. The summed E-state index contributed by atoms with van der Waals surface area (Å²) >= 11 is 12.2. The van der Waals surface area contributed by atoms with Gasteiger partial charge in [0.15, 0.2) is 0 Å². The first-order chi connectivity index (χ1) is 43.9. The predicted molar refractivity (Wildman–Crippen MR) is 542 cm³/mol. The van der Waals surface area contributed by atoms with Gasteiger partial charge < -0.3 is 25.0 Å². The Bertz CT molecular complexity index is 2640. The van der Waals surface area contributed by atoms with Gasteiger partial charge in [-0.2, -0.15) is 75.0 Å². The molecule has 0 radical (unpaired) electrons. The first-order valence-corrected chi connectivity index (χ1v) is 106. The van der Waals surface area contributed by atoms with Crippen LogP contribution in [-0.2, 0) is 46.7 Å². The third-order valence-electron chi connectivity index (χ3n) is 21.8. The topological polar surface area (TPSA) is 0 Å². The van der Waals surface area contributed by atoms with Crippen molar-refractivity contribution >= 4 is 181 Å². The molecule has 0 saturated heterocycles. The molecule has 103 heavy (non-hydrogen) atoms. The Balaban J connectivity index is 0.00000151. The van der Waals surface area contributed by atoms with Crippen LogP contribution in [0.3, 0.4) is 0 Å². The molecule has 0 nitrogen and oxygen atoms in total. The molecule has 22 heteroatoms. The Morgan fingerprint density at radius 1 is 0.194 bits per heavy atom. The van der Waals surface area contributed by atoms with Gasteiger partial charge in [-0.1, -0.05) is 377 Å². The van der Waals surface area contributed by atoms with Crippen LogP contribution in [0, 0.1) is 12.1 Å². The summed E-state index contributed by atoms with van der Waals surface area (Å²) in [4.78, 5) is 0. The van der Waals surface area contributed by atoms with Crippen molar-refractivity contribution in [2.45, 2.75) is 400 Å². The van der Waals surface area contributed by atoms with E-state index in [0.29, 0.717) is 10.3 Å². The van der Waals surface area contributed by atoms with E-state index >= 15 is 0 Å². The first-order valence-electron chi connectivity index (χ1n) is 40.5. The van der Waals surface area contributed by atoms with Gasteiger partial charge in [-0.15, -0.1) is 5.46 Å². The summed E-state index contributed by atoms with van der Waals surface area (Å²) in [5.41, 5.74) is 16.2. The molecule has 0 N–H and O–H groups in total. The van der Waals surface area contributed by atoms with E-state index in [4.69, 9.17) is 25.0 Å². The van der Waals surface area contributed by atoms with E-state index in [1.54, 1.807) is 50.1 Å². The van der Waals surface area contributed by atoms with Gasteiger partial charge in [0.25, 0.3) is 0 Å². The van der Waals surface area contributed by atoms with Crippen molar-refractivity contribution in [2.75, 3.05) is 0 Å². The van der Waals surface area contributed by atoms with Crippen molar-refractivity contribution in [3.05, 3.63) is 98.6 Å². The van der Waals surface area contributed by atoms with E-state index in [1.165, 1.54) is 5.46 Å². The van der Waals surface area contributed by atoms with Crippen molar-refractivity contribution in [2.24, 2.45) is 0 Å². The molecule has 3 aromatic rings. The predicted octanol–water partition coefficient (Wildman–Crippen LogP) is 29.0. The zero-order chi connectivity index (χ0) is 82.2. The van der Waals surface area contributed by atoms with Crippen LogP contribution in [0.25, 0.3) is 0 Å². The van der Waals surface area contributed by atoms with Crippen molar-refractivity contribution in [1.29, 1.82) is 0 Å². The van der Waals surface area contributed by atoms with Crippen LogP contribution in [0.15, 0.2) is 36.4 Å². The molecule has 0 aromatic heterocycles. The smallest absolute Gasteiger partial charge is 0.844 e. The summed E-state index contributed by atoms with van der Waals surface area (Å²) in [5, 5.41) is 6.46. The van der Waals surface area contributed by atoms with Crippen molar-refractivity contribution in [3.63, 3.8) is 0 Å². The van der Waals surface area contributed by atoms with Crippen molar-refractivity contribution in [1.82, 2.24) is 0 Å². The van der Waals surface area contributed by atoms with Crippen LogP contribution in [0.1, 0.15) is 96.6 Å². The van der Waals surface area contributed by atoms with Crippen LogP contribution in [0.4, 0.5) is 0 Å². The van der Waals surface area contributed by atoms with Crippen LogP contribution in [0.2, 0.25) is 354 Å². The monoisotopic (exact) mass is 1780 g/mol. The Kier molecular flexibility index (Phi) is 36.5. The van der Waals surface area contributed by atoms with Gasteiger partial charge >= 0.3 is 21.7 Å². The summed E-state index contributed by atoms with van der Waals surface area (Å²) < 4.78 is 0. The average molecular weight is 1780 g/mol. The van der Waals surface area contributed by atoms with E-state index in [9.17, 15) is 0 Å². The Labute approximate surface area is 693 Å². The molecule has 0 aliphatic carbocycles. The average Bonchev–Trinajstić information content (AvgIpc) is 0.743. The summed E-state index contributed by atoms with van der Waals surface area (Å²) in [6.07, 6.45) is 0. The number of rotatable bonds is 28. The molecule has 0 bridgehead atoms. The quantitative estimate of drug-likeness (QED) is 0.0404. The first kappa shape index (κ1) is 106. The molecule has 0 unspecified atom stereocenters. The second kappa shape index (κ2) is 35.5. The minimum absolute atomic E-state index is 0. The minimum atomic E-state index is -1.52. The van der Waals surface area contributed by atoms with E-state index < -0.39 is 145 Å². The number of hydrogen-bond acceptors (Lipinski definition) is 2. The maximum Gasteiger partial charge on any atom is 4.00 e. The molecular formula is C81H177BS2Si18Ti. The molecule has 3 aromatic carbocycles. The molecule has 0 heterocycles. The third-order valence-corrected chi connectivity index (χ3v) is 106. The standard InChI is InChI=1S/C27H59BS2Si6.2C27H59Si6.Ti/c1-31(2,3)25(32(4,5)6)21-19-22(26(33(7,8)9)34(10,11)12)24(28(29)30)23(20-21)27(35(13,14)15)36(16,17)18;2*1-28(2,3)25(29(4,5)6)22-19-23(26(30(7,8)9)31(10,11)12)21-24(20-22)27(32(13,14)15)33(16,17)18;/h19-20,25-27H,1-18H3;2*19-20,25-27H,1-18H3;/q-2;2*-1;+4. The molecule has 592 valence electrons. The van der Waals surface area contributed by atoms with Gasteiger partial charge in [-0.25, -0.2) is 0 Å². The second-order valence-corrected chi connectivity index (χ2v) is 155. The Morgan fingerprint density at radius 2 is 0.311 bits per heavy atom. The van der Waals surface area contributed by atoms with E-state index in [2.05, 4.69) is 402 Å². The van der Waals surface area contributed by atoms with Crippen LogP contribution < -0.4 is 5.46 Å². The fourth-order valence-corrected chi connectivity index (χ4v) is 139. The van der Waals surface area contributed by atoms with Crippen LogP contribution in [-0.4, -0.2) is 151 Å². The van der Waals surface area contributed by atoms with E-state index in [1.807, 2.05) is 0 Å². The second-order valence-electron chi connectivity index (χ2n) is 52.6. The van der Waals surface area contributed by atoms with Gasteiger partial charge in [0.1, 0.15) is 0 Å². The molecule has 0 aliphatic heterocycles. The van der Waals surface area contributed by atoms with Gasteiger partial charge in [0, 0.05) is 145 Å². The summed E-state index contributed by atoms with van der Waals surface area (Å²) in [6, 6.07) is 24.7. The Hall–Kier alpha value is 3.04. The van der Waals surface area contributed by atoms with Gasteiger partial charge in [0.05, 0.1) is 0 Å². The van der Waals surface area contributed by atoms with Gasteiger partial charge in [-0.3, -0.25) is 0 Å². The molecule has 0 amide bonds. The molecule has 0 aliphatic rings. The maximum atomic E-state index is 6.10. The SMILES string of the molecule is C[Si](C)(C)C(c1[c-]c(C([Si](C)(C)C)[Si](C)(C)C)cc(C([Si](C)(C)C)[Si](C)(C)C)c1)[Si](C)(C)C.C[Si](C)(C)C(c1[c-]c(C([Si](C)(C)C)[Si](C)(C)C)cc(C([Si](C)(C)C)[Si](C)(C)C)c1)[Si](C)(C)C.C[Si](C)(C)C(c1cc(C([Si](C)(C)C)[Si](C)(C)C)c(B([S-])[S-])c(C([Si](C)(C)C)[Si](C)(C)C)c1)[Si](C)(C)C.[Ti+4]. The largest absolute Gasteiger partial charge is 4.00 e. The van der Waals surface area contributed by atoms with E-state index in [-0.39, 0.29) is 27.0 Å². The number of hydrogen-bond donors (Lipinski definition) is 0. The third kappa shape index (κ3) is 30.6. The zero-order valence-electron chi connectivity index (χ0n) is 79.6. The summed E-state index contributed by atoms with van der Waals surface area (Å²) in [6.45, 7) is 141.